The van der Waals surface area contributed by atoms with Crippen molar-refractivity contribution in [3.05, 3.63) is 85.1 Å². The average Bonchev–Trinajstić information content (AvgIpc) is 3.27. The first-order chi connectivity index (χ1) is 30.8. The molecule has 1 aliphatic carbocycles. The second-order valence-electron chi connectivity index (χ2n) is 16.1. The molecule has 7 N–H and O–H groups in total. The molecule has 0 heterocycles. The third kappa shape index (κ3) is 30.2. The molecule has 64 heavy (non-hydrogen) atoms. The highest BCUT2D eigenvalue weighted by Gasteiger charge is 2.51. The number of hydrogen-bond donors (Lipinski definition) is 7. The van der Waals surface area contributed by atoms with Gasteiger partial charge in [-0.15, -0.1) is 0 Å². The van der Waals surface area contributed by atoms with Gasteiger partial charge in [-0.2, -0.15) is 0 Å². The van der Waals surface area contributed by atoms with Crippen LogP contribution in [0.2, 0.25) is 0 Å². The average molecular weight is 925 g/mol. The van der Waals surface area contributed by atoms with Crippen molar-refractivity contribution >= 4 is 19.8 Å². The van der Waals surface area contributed by atoms with E-state index >= 15 is 0 Å². The first-order valence-electron chi connectivity index (χ1n) is 23.5. The molecule has 1 saturated carbocycles. The minimum Gasteiger partial charge on any atom is -0.462 e. The summed E-state index contributed by atoms with van der Waals surface area (Å²) in [7, 11) is -5.15. The third-order valence-corrected chi connectivity index (χ3v) is 11.3. The summed E-state index contributed by atoms with van der Waals surface area (Å²) < 4.78 is 33.4. The van der Waals surface area contributed by atoms with E-state index in [0.29, 0.717) is 32.1 Å². The van der Waals surface area contributed by atoms with Gasteiger partial charge in [0, 0.05) is 12.8 Å². The minimum atomic E-state index is -5.15. The summed E-state index contributed by atoms with van der Waals surface area (Å²) in [6.45, 7) is 3.02. The van der Waals surface area contributed by atoms with Crippen molar-refractivity contribution in [2.24, 2.45) is 0 Å². The Kier molecular flexibility index (Phi) is 35.2. The molecule has 0 amide bonds. The summed E-state index contributed by atoms with van der Waals surface area (Å²) in [5.74, 6) is -1.22. The molecule has 0 aliphatic heterocycles. The van der Waals surface area contributed by atoms with Gasteiger partial charge in [-0.1, -0.05) is 144 Å². The maximum atomic E-state index is 12.8. The summed E-state index contributed by atoms with van der Waals surface area (Å²) in [5, 5.41) is 60.2. The summed E-state index contributed by atoms with van der Waals surface area (Å²) in [6.07, 6.45) is 32.3. The number of phosphoric ester groups is 1. The van der Waals surface area contributed by atoms with Crippen molar-refractivity contribution in [1.29, 1.82) is 0 Å². The van der Waals surface area contributed by atoms with Crippen molar-refractivity contribution in [2.75, 3.05) is 13.2 Å². The van der Waals surface area contributed by atoms with Gasteiger partial charge in [0.2, 0.25) is 0 Å². The first kappa shape index (κ1) is 59.0. The number of carbonyl (C=O) groups is 2. The van der Waals surface area contributed by atoms with Crippen LogP contribution >= 0.6 is 7.82 Å². The topological polar surface area (TPSA) is 230 Å². The monoisotopic (exact) mass is 925 g/mol. The van der Waals surface area contributed by atoms with E-state index in [1.165, 1.54) is 19.3 Å². The fourth-order valence-corrected chi connectivity index (χ4v) is 7.47. The zero-order valence-electron chi connectivity index (χ0n) is 38.4. The number of aliphatic hydroxyl groups excluding tert-OH is 6. The van der Waals surface area contributed by atoms with Gasteiger partial charge < -0.3 is 45.0 Å². The standard InChI is InChI=1S/C49H81O14P/c1-3-5-7-9-11-12-13-14-15-16-17-18-19-20-25-29-33-37-43(52)62-41(39-61-64(58,59)63-49-47(56)45(54)44(53)46(55)48(49)57)38-60-42(51)36-32-28-24-22-21-23-27-31-35-40(50)34-30-26-10-8-6-4-2/h6,8,11-12,14-15,22-24,26-27,30-31,35,40-41,44-50,53-57H,3-5,7,9-10,13,16-21,25,28-29,32-34,36-39H2,1-2H3,(H,58,59)/b8-6-,12-11-,15-14-,24-22-,27-23-,30-26-,35-31+/t40?,41-,44?,45-,46+,47-,48-,49?/m1/s1. The van der Waals surface area contributed by atoms with Gasteiger partial charge in [0.15, 0.2) is 6.10 Å². The predicted molar refractivity (Wildman–Crippen MR) is 250 cm³/mol. The molecule has 0 spiro atoms. The maximum absolute atomic E-state index is 12.8. The summed E-state index contributed by atoms with van der Waals surface area (Å²) in [6, 6.07) is 0. The third-order valence-electron chi connectivity index (χ3n) is 10.3. The quantitative estimate of drug-likeness (QED) is 0.0102. The van der Waals surface area contributed by atoms with Gasteiger partial charge >= 0.3 is 19.8 Å². The van der Waals surface area contributed by atoms with Crippen molar-refractivity contribution in [3.8, 4) is 0 Å². The second kappa shape index (κ2) is 38.1. The Hall–Kier alpha value is -3.01. The number of carbonyl (C=O) groups excluding carboxylic acids is 2. The SMILES string of the molecule is CC/C=C\C/C=C\CC(O)/C=C/C=C\C/C=C\CCCC(=O)OC[C@H](COP(=O)(O)OC1[C@H](O)[C@H](O)C(O)[C@H](O)[C@H]1O)OC(=O)CCCCCCCCC/C=C\C/C=C\CCCCC. The van der Waals surface area contributed by atoms with E-state index in [-0.39, 0.29) is 12.8 Å². The van der Waals surface area contributed by atoms with Crippen LogP contribution in [0.3, 0.4) is 0 Å². The smallest absolute Gasteiger partial charge is 0.462 e. The van der Waals surface area contributed by atoms with Crippen LogP contribution in [0.4, 0.5) is 0 Å². The van der Waals surface area contributed by atoms with Gasteiger partial charge in [-0.25, -0.2) is 4.57 Å². The Bertz CT molecular complexity index is 1460. The second-order valence-corrected chi connectivity index (χ2v) is 17.5. The molecule has 0 aromatic rings. The molecule has 0 saturated heterocycles. The first-order valence-corrected chi connectivity index (χ1v) is 25.0. The van der Waals surface area contributed by atoms with Crippen LogP contribution in [0.1, 0.15) is 149 Å². The number of rotatable bonds is 37. The Morgan fingerprint density at radius 2 is 1.09 bits per heavy atom. The van der Waals surface area contributed by atoms with Crippen molar-refractivity contribution < 1.29 is 68.2 Å². The molecule has 4 unspecified atom stereocenters. The molecule has 1 aliphatic rings. The lowest BCUT2D eigenvalue weighted by molar-refractivity contribution is -0.220. The largest absolute Gasteiger partial charge is 0.472 e. The maximum Gasteiger partial charge on any atom is 0.472 e. The molecule has 15 heteroatoms. The molecule has 0 bridgehead atoms. The van der Waals surface area contributed by atoms with Crippen LogP contribution in [-0.2, 0) is 32.7 Å². The van der Waals surface area contributed by atoms with Gasteiger partial charge in [0.25, 0.3) is 0 Å². The van der Waals surface area contributed by atoms with Crippen molar-refractivity contribution in [2.45, 2.75) is 198 Å². The highest BCUT2D eigenvalue weighted by atomic mass is 31.2. The van der Waals surface area contributed by atoms with E-state index < -0.39 is 81.8 Å². The Morgan fingerprint density at radius 3 is 1.72 bits per heavy atom. The van der Waals surface area contributed by atoms with Crippen LogP contribution < -0.4 is 0 Å². The fraction of sp³-hybridized carbons (Fsp3) is 0.673. The number of ether oxygens (including phenoxy) is 2. The molecule has 366 valence electrons. The Balaban J connectivity index is 2.53. The molecule has 1 rings (SSSR count). The number of phosphoric acid groups is 1. The van der Waals surface area contributed by atoms with E-state index in [1.807, 2.05) is 36.5 Å². The zero-order chi connectivity index (χ0) is 47.3. The van der Waals surface area contributed by atoms with E-state index in [9.17, 15) is 49.7 Å². The minimum absolute atomic E-state index is 0.0504. The van der Waals surface area contributed by atoms with Gasteiger partial charge in [0.1, 0.15) is 43.2 Å². The summed E-state index contributed by atoms with van der Waals surface area (Å²) >= 11 is 0. The fourth-order valence-electron chi connectivity index (χ4n) is 6.49. The van der Waals surface area contributed by atoms with Crippen LogP contribution in [0.25, 0.3) is 0 Å². The Labute approximate surface area is 382 Å². The summed E-state index contributed by atoms with van der Waals surface area (Å²) in [4.78, 5) is 35.7. The lowest BCUT2D eigenvalue weighted by Gasteiger charge is -2.41. The number of hydrogen-bond acceptors (Lipinski definition) is 13. The zero-order valence-corrected chi connectivity index (χ0v) is 39.3. The molecule has 9 atom stereocenters. The predicted octanol–water partition coefficient (Wildman–Crippen LogP) is 8.25. The van der Waals surface area contributed by atoms with E-state index in [4.69, 9.17) is 18.5 Å². The number of esters is 2. The highest BCUT2D eigenvalue weighted by molar-refractivity contribution is 7.47. The van der Waals surface area contributed by atoms with Crippen LogP contribution in [0.15, 0.2) is 85.1 Å². The molecule has 1 fully saturated rings. The number of aliphatic hydroxyl groups is 6. The lowest BCUT2D eigenvalue weighted by atomic mass is 9.85. The highest BCUT2D eigenvalue weighted by Crippen LogP contribution is 2.47. The van der Waals surface area contributed by atoms with Gasteiger partial charge in [0.05, 0.1) is 12.7 Å². The molecule has 0 radical (unpaired) electrons. The van der Waals surface area contributed by atoms with E-state index in [1.54, 1.807) is 12.2 Å². The molecular weight excluding hydrogens is 843 g/mol. The molecular formula is C49H81O14P. The van der Waals surface area contributed by atoms with Crippen LogP contribution in [0, 0.1) is 0 Å². The van der Waals surface area contributed by atoms with E-state index in [0.717, 1.165) is 70.6 Å². The normalized spacial score (nSPS) is 22.8. The molecule has 14 nitrogen and oxygen atoms in total. The molecule has 0 aromatic carbocycles. The van der Waals surface area contributed by atoms with Crippen LogP contribution in [0.5, 0.6) is 0 Å². The lowest BCUT2D eigenvalue weighted by Crippen LogP contribution is -2.64. The van der Waals surface area contributed by atoms with Gasteiger partial charge in [-0.3, -0.25) is 18.6 Å². The number of allylic oxidation sites excluding steroid dienone is 12. The molecule has 0 aromatic heterocycles. The van der Waals surface area contributed by atoms with Crippen molar-refractivity contribution in [3.63, 3.8) is 0 Å². The van der Waals surface area contributed by atoms with E-state index in [2.05, 4.69) is 50.3 Å². The Morgan fingerprint density at radius 1 is 0.578 bits per heavy atom. The number of unbranched alkanes of at least 4 members (excludes halogenated alkanes) is 11. The van der Waals surface area contributed by atoms with Gasteiger partial charge in [-0.05, 0) is 77.0 Å². The van der Waals surface area contributed by atoms with Crippen LogP contribution in [-0.4, -0.2) is 110 Å². The van der Waals surface area contributed by atoms with Crippen molar-refractivity contribution in [1.82, 2.24) is 0 Å². The summed E-state index contributed by atoms with van der Waals surface area (Å²) in [5.41, 5.74) is 0.